The van der Waals surface area contributed by atoms with Crippen LogP contribution in [0.4, 0.5) is 0 Å². The molecule has 0 radical (unpaired) electrons. The van der Waals surface area contributed by atoms with E-state index in [4.69, 9.17) is 0 Å². The van der Waals surface area contributed by atoms with Crippen molar-refractivity contribution < 1.29 is 0 Å². The van der Waals surface area contributed by atoms with Gasteiger partial charge in [0.25, 0.3) is 0 Å². The average molecular weight is 488 g/mol. The van der Waals surface area contributed by atoms with Gasteiger partial charge in [0.15, 0.2) is 0 Å². The first kappa shape index (κ1) is 22.7. The molecule has 0 nitrogen and oxygen atoms in total. The lowest BCUT2D eigenvalue weighted by atomic mass is 9.34. The van der Waals surface area contributed by atoms with Crippen LogP contribution in [0, 0.1) is 50.2 Å². The molecule has 3 fully saturated rings. The maximum atomic E-state index is 4.35. The molecule has 1 heteroatoms. The van der Waals surface area contributed by atoms with E-state index in [0.29, 0.717) is 37.3 Å². The van der Waals surface area contributed by atoms with Crippen molar-refractivity contribution in [2.45, 2.75) is 112 Å². The molecule has 0 bridgehead atoms. The van der Waals surface area contributed by atoms with Crippen LogP contribution in [0.3, 0.4) is 0 Å². The van der Waals surface area contributed by atoms with Gasteiger partial charge in [-0.1, -0.05) is 95.1 Å². The fraction of sp³-hybridized carbons (Fsp3) is 0.867. The zero-order valence-corrected chi connectivity index (χ0v) is 23.2. The predicted molar refractivity (Wildman–Crippen MR) is 137 cm³/mol. The van der Waals surface area contributed by atoms with E-state index in [2.05, 4.69) is 89.5 Å². The number of halogens is 1. The Hall–Kier alpha value is -0.0400. The summed E-state index contributed by atoms with van der Waals surface area (Å²) in [4.78, 5) is 0.517. The van der Waals surface area contributed by atoms with E-state index in [1.54, 1.807) is 0 Å². The third kappa shape index (κ3) is 2.89. The van der Waals surface area contributed by atoms with E-state index in [0.717, 1.165) is 17.8 Å². The topological polar surface area (TPSA) is 0 Å². The summed E-state index contributed by atoms with van der Waals surface area (Å²) in [6.45, 7) is 20.8. The summed E-state index contributed by atoms with van der Waals surface area (Å²) >= 11 is 4.35. The molecule has 8 atom stereocenters. The molecule has 0 aromatic carbocycles. The Morgan fingerprint density at radius 3 is 2.26 bits per heavy atom. The molecule has 0 amide bonds. The van der Waals surface area contributed by atoms with Gasteiger partial charge in [-0.05, 0) is 102 Å². The molecule has 5 aliphatic carbocycles. The van der Waals surface area contributed by atoms with Crippen molar-refractivity contribution in [1.29, 1.82) is 0 Å². The quantitative estimate of drug-likeness (QED) is 0.236. The molecule has 3 saturated carbocycles. The molecule has 0 heterocycles. The summed E-state index contributed by atoms with van der Waals surface area (Å²) in [7, 11) is 0. The molecule has 5 rings (SSSR count). The molecule has 174 valence electrons. The summed E-state index contributed by atoms with van der Waals surface area (Å²) in [6, 6.07) is 0. The zero-order chi connectivity index (χ0) is 22.7. The van der Waals surface area contributed by atoms with Crippen molar-refractivity contribution in [3.8, 4) is 0 Å². The molecular weight excluding hydrogens is 440 g/mol. The van der Waals surface area contributed by atoms with Gasteiger partial charge in [0.1, 0.15) is 0 Å². The second-order valence-corrected chi connectivity index (χ2v) is 16.0. The van der Waals surface area contributed by atoms with Crippen molar-refractivity contribution in [2.24, 2.45) is 50.2 Å². The van der Waals surface area contributed by atoms with Crippen LogP contribution in [0.5, 0.6) is 0 Å². The van der Waals surface area contributed by atoms with Crippen LogP contribution in [-0.4, -0.2) is 4.83 Å². The van der Waals surface area contributed by atoms with Gasteiger partial charge in [0.05, 0.1) is 0 Å². The summed E-state index contributed by atoms with van der Waals surface area (Å²) in [5, 5.41) is 0. The molecule has 0 aliphatic heterocycles. The van der Waals surface area contributed by atoms with Gasteiger partial charge in [-0.15, -0.1) is 0 Å². The van der Waals surface area contributed by atoms with Crippen LogP contribution in [0.25, 0.3) is 0 Å². The number of rotatable bonds is 0. The van der Waals surface area contributed by atoms with Gasteiger partial charge in [-0.25, -0.2) is 0 Å². The lowest BCUT2D eigenvalue weighted by Crippen LogP contribution is -2.64. The van der Waals surface area contributed by atoms with Crippen molar-refractivity contribution in [2.75, 3.05) is 0 Å². The maximum Gasteiger partial charge on any atom is 0.0367 e. The first-order valence-corrected chi connectivity index (χ1v) is 14.1. The number of hydrogen-bond acceptors (Lipinski definition) is 0. The SMILES string of the molecule is CC1(C)CC[C@]2(C)CC[C@@]3(C)C(=CC(Br)C4[C@@]5(C)CC=CC(C)(C)C5CC[C@]43C)C2C1. The second-order valence-electron chi connectivity index (χ2n) is 14.9. The van der Waals surface area contributed by atoms with Crippen molar-refractivity contribution >= 4 is 15.9 Å². The van der Waals surface area contributed by atoms with E-state index in [1.807, 2.05) is 5.57 Å². The Morgan fingerprint density at radius 2 is 1.55 bits per heavy atom. The Bertz CT molecular complexity index is 831. The second kappa shape index (κ2) is 6.55. The van der Waals surface area contributed by atoms with E-state index in [-0.39, 0.29) is 0 Å². The number of hydrogen-bond donors (Lipinski definition) is 0. The van der Waals surface area contributed by atoms with E-state index < -0.39 is 0 Å². The maximum absolute atomic E-state index is 4.35. The zero-order valence-electron chi connectivity index (χ0n) is 21.6. The molecule has 31 heavy (non-hydrogen) atoms. The van der Waals surface area contributed by atoms with Crippen molar-refractivity contribution in [3.63, 3.8) is 0 Å². The summed E-state index contributed by atoms with van der Waals surface area (Å²) < 4.78 is 0. The van der Waals surface area contributed by atoms with Crippen molar-refractivity contribution in [1.82, 2.24) is 0 Å². The van der Waals surface area contributed by atoms with Gasteiger partial charge in [0, 0.05) is 4.83 Å². The Morgan fingerprint density at radius 1 is 0.871 bits per heavy atom. The summed E-state index contributed by atoms with van der Waals surface area (Å²) in [5.74, 6) is 2.29. The minimum Gasteiger partial charge on any atom is -0.0874 e. The monoisotopic (exact) mass is 486 g/mol. The number of allylic oxidation sites excluding steroid dienone is 4. The first-order valence-electron chi connectivity index (χ1n) is 13.2. The van der Waals surface area contributed by atoms with Gasteiger partial charge in [0.2, 0.25) is 0 Å². The summed E-state index contributed by atoms with van der Waals surface area (Å²) in [6.07, 6.45) is 19.0. The van der Waals surface area contributed by atoms with Crippen LogP contribution in [0.1, 0.15) is 107 Å². The van der Waals surface area contributed by atoms with E-state index in [9.17, 15) is 0 Å². The lowest BCUT2D eigenvalue weighted by molar-refractivity contribution is -0.157. The molecule has 5 aliphatic rings. The third-order valence-corrected chi connectivity index (χ3v) is 13.0. The minimum absolute atomic E-state index is 0.324. The third-order valence-electron chi connectivity index (χ3n) is 12.2. The largest absolute Gasteiger partial charge is 0.0874 e. The van der Waals surface area contributed by atoms with Gasteiger partial charge in [-0.2, -0.15) is 0 Å². The van der Waals surface area contributed by atoms with Gasteiger partial charge >= 0.3 is 0 Å². The minimum atomic E-state index is 0.324. The number of fused-ring (bicyclic) bond motifs is 7. The van der Waals surface area contributed by atoms with Crippen LogP contribution in [-0.2, 0) is 0 Å². The Balaban J connectivity index is 1.63. The molecule has 0 spiro atoms. The molecular formula is C30H47Br. The van der Waals surface area contributed by atoms with E-state index >= 15 is 0 Å². The highest BCUT2D eigenvalue weighted by Crippen LogP contribution is 2.75. The molecule has 0 aromatic rings. The molecule has 4 unspecified atom stereocenters. The fourth-order valence-electron chi connectivity index (χ4n) is 10.2. The van der Waals surface area contributed by atoms with Gasteiger partial charge < -0.3 is 0 Å². The van der Waals surface area contributed by atoms with Gasteiger partial charge in [-0.3, -0.25) is 0 Å². The molecule has 0 saturated heterocycles. The first-order chi connectivity index (χ1) is 14.2. The predicted octanol–water partition coefficient (Wildman–Crippen LogP) is 9.35. The van der Waals surface area contributed by atoms with Crippen LogP contribution < -0.4 is 0 Å². The Labute approximate surface area is 201 Å². The van der Waals surface area contributed by atoms with E-state index in [1.165, 1.54) is 51.4 Å². The standard InChI is InChI=1S/C30H47Br/c1-25(2)14-15-27(5)16-17-29(7)20(21(27)19-25)18-22(31)24-28(6)12-9-11-26(3,4)23(28)10-13-30(24,29)8/h9,11,18,21-24H,10,12-17,19H2,1-8H3/t21?,22?,23?,24?,27-,28+,29+,30-/m1/s1. The fourth-order valence-corrected chi connectivity index (χ4v) is 11.6. The van der Waals surface area contributed by atoms with Crippen LogP contribution in [0.2, 0.25) is 0 Å². The van der Waals surface area contributed by atoms with Crippen molar-refractivity contribution in [3.05, 3.63) is 23.8 Å². The summed E-state index contributed by atoms with van der Waals surface area (Å²) in [5.41, 5.74) is 4.33. The molecule has 0 aromatic heterocycles. The lowest BCUT2D eigenvalue weighted by Gasteiger charge is -2.71. The van der Waals surface area contributed by atoms with Crippen LogP contribution >= 0.6 is 15.9 Å². The molecule has 0 N–H and O–H groups in total. The normalized spacial score (nSPS) is 54.7. The highest BCUT2D eigenvalue weighted by Gasteiger charge is 2.68. The Kier molecular flexibility index (Phi) is 4.80. The highest BCUT2D eigenvalue weighted by molar-refractivity contribution is 9.09. The van der Waals surface area contributed by atoms with Crippen LogP contribution in [0.15, 0.2) is 23.8 Å². The number of alkyl halides is 1. The smallest absolute Gasteiger partial charge is 0.0367 e. The highest BCUT2D eigenvalue weighted by atomic mass is 79.9. The average Bonchev–Trinajstić information content (AvgIpc) is 2.64.